The topological polar surface area (TPSA) is 108 Å². The Hall–Kier alpha value is -3.85. The van der Waals surface area contributed by atoms with Crippen molar-refractivity contribution >= 4 is 22.2 Å². The van der Waals surface area contributed by atoms with E-state index in [1.807, 2.05) is 30.3 Å². The van der Waals surface area contributed by atoms with Gasteiger partial charge in [0, 0.05) is 6.54 Å². The third-order valence-electron chi connectivity index (χ3n) is 4.87. The van der Waals surface area contributed by atoms with Gasteiger partial charge in [0.05, 0.1) is 5.92 Å². The molecule has 1 atom stereocenters. The predicted octanol–water partition coefficient (Wildman–Crippen LogP) is 4.81. The lowest BCUT2D eigenvalue weighted by Gasteiger charge is -2.24. The molecule has 0 saturated carbocycles. The summed E-state index contributed by atoms with van der Waals surface area (Å²) in [6, 6.07) is 23.0. The molecule has 0 saturated heterocycles. The maximum absolute atomic E-state index is 12.9. The van der Waals surface area contributed by atoms with Crippen molar-refractivity contribution in [3.8, 4) is 5.75 Å². The molecule has 190 valence electrons. The summed E-state index contributed by atoms with van der Waals surface area (Å²) in [5.74, 6) is -1.31. The van der Waals surface area contributed by atoms with E-state index in [2.05, 4.69) is 5.32 Å². The van der Waals surface area contributed by atoms with Crippen molar-refractivity contribution in [1.29, 1.82) is 0 Å². The molecule has 8 nitrogen and oxygen atoms in total. The Labute approximate surface area is 211 Å². The van der Waals surface area contributed by atoms with Crippen molar-refractivity contribution in [3.05, 3.63) is 96.1 Å². The van der Waals surface area contributed by atoms with Gasteiger partial charge in [0.2, 0.25) is 0 Å². The molecule has 3 aromatic rings. The number of hydrogen-bond donors (Lipinski definition) is 1. The molecule has 36 heavy (non-hydrogen) atoms. The minimum Gasteiger partial charge on any atom is -0.459 e. The molecule has 9 heteroatoms. The Morgan fingerprint density at radius 3 is 2.03 bits per heavy atom. The van der Waals surface area contributed by atoms with Crippen LogP contribution in [0.1, 0.15) is 37.8 Å². The fourth-order valence-electron chi connectivity index (χ4n) is 3.19. The highest BCUT2D eigenvalue weighted by Gasteiger charge is 2.28. The molecule has 0 radical (unpaired) electrons. The molecule has 0 aromatic heterocycles. The van der Waals surface area contributed by atoms with Gasteiger partial charge in [-0.25, -0.2) is 4.79 Å². The smallest absolute Gasteiger partial charge is 0.407 e. The first-order chi connectivity index (χ1) is 17.0. The van der Waals surface area contributed by atoms with Crippen molar-refractivity contribution in [3.63, 3.8) is 0 Å². The van der Waals surface area contributed by atoms with E-state index >= 15 is 0 Å². The normalized spacial score (nSPS) is 12.3. The second kappa shape index (κ2) is 11.7. The summed E-state index contributed by atoms with van der Waals surface area (Å²) in [5, 5.41) is 2.60. The number of amides is 1. The number of benzene rings is 3. The van der Waals surface area contributed by atoms with E-state index in [1.165, 1.54) is 24.3 Å². The molecule has 0 fully saturated rings. The molecule has 0 aliphatic heterocycles. The Morgan fingerprint density at radius 1 is 0.861 bits per heavy atom. The van der Waals surface area contributed by atoms with Crippen LogP contribution in [-0.2, 0) is 31.0 Å². The fourth-order valence-corrected chi connectivity index (χ4v) is 4.14. The molecule has 1 unspecified atom stereocenters. The van der Waals surface area contributed by atoms with Crippen LogP contribution < -0.4 is 9.50 Å². The van der Waals surface area contributed by atoms with E-state index in [-0.39, 0.29) is 23.8 Å². The summed E-state index contributed by atoms with van der Waals surface area (Å²) in [7, 11) is -4.00. The van der Waals surface area contributed by atoms with E-state index in [9.17, 15) is 18.0 Å². The molecule has 3 aromatic carbocycles. The Morgan fingerprint density at radius 2 is 1.44 bits per heavy atom. The van der Waals surface area contributed by atoms with Crippen LogP contribution in [0.15, 0.2) is 89.8 Å². The molecule has 0 spiro atoms. The van der Waals surface area contributed by atoms with Crippen LogP contribution in [0.25, 0.3) is 0 Å². The summed E-state index contributed by atoms with van der Waals surface area (Å²) >= 11 is 0. The van der Waals surface area contributed by atoms with Crippen molar-refractivity contribution in [2.24, 2.45) is 0 Å². The molecule has 0 aliphatic carbocycles. The molecule has 1 amide bonds. The van der Waals surface area contributed by atoms with Crippen molar-refractivity contribution in [2.45, 2.75) is 43.8 Å². The summed E-state index contributed by atoms with van der Waals surface area (Å²) in [5.41, 5.74) is 0.602. The number of alkyl carbamates (subject to hydrolysis) is 1. The van der Waals surface area contributed by atoms with Crippen LogP contribution in [0.5, 0.6) is 5.75 Å². The Balaban J connectivity index is 1.70. The summed E-state index contributed by atoms with van der Waals surface area (Å²) < 4.78 is 40.9. The second-order valence-corrected chi connectivity index (χ2v) is 10.5. The summed E-state index contributed by atoms with van der Waals surface area (Å²) in [6.07, 6.45) is -0.679. The zero-order valence-corrected chi connectivity index (χ0v) is 21.2. The van der Waals surface area contributed by atoms with Crippen molar-refractivity contribution in [1.82, 2.24) is 5.32 Å². The molecule has 0 heterocycles. The van der Waals surface area contributed by atoms with Gasteiger partial charge in [-0.3, -0.25) is 4.79 Å². The lowest BCUT2D eigenvalue weighted by atomic mass is 9.98. The number of esters is 1. The predicted molar refractivity (Wildman–Crippen MR) is 134 cm³/mol. The van der Waals surface area contributed by atoms with Crippen LogP contribution in [0.3, 0.4) is 0 Å². The van der Waals surface area contributed by atoms with Crippen LogP contribution >= 0.6 is 0 Å². The highest BCUT2D eigenvalue weighted by Crippen LogP contribution is 2.25. The second-order valence-electron chi connectivity index (χ2n) is 8.95. The minimum atomic E-state index is -4.00. The van der Waals surface area contributed by atoms with E-state index in [1.54, 1.807) is 51.1 Å². The van der Waals surface area contributed by atoms with Crippen molar-refractivity contribution < 1.29 is 31.7 Å². The SMILES string of the molecule is CC(C)(C)OC(=O)C(CNC(=O)OCc1ccccc1)c1ccc(OS(=O)(=O)c2ccccc2)cc1. The van der Waals surface area contributed by atoms with Gasteiger partial charge in [-0.2, -0.15) is 8.42 Å². The highest BCUT2D eigenvalue weighted by atomic mass is 32.2. The zero-order chi connectivity index (χ0) is 26.2. The number of rotatable bonds is 9. The first-order valence-electron chi connectivity index (χ1n) is 11.3. The van der Waals surface area contributed by atoms with Gasteiger partial charge in [0.1, 0.15) is 22.9 Å². The van der Waals surface area contributed by atoms with Gasteiger partial charge in [0.25, 0.3) is 0 Å². The number of nitrogens with one attached hydrogen (secondary N) is 1. The summed E-state index contributed by atoms with van der Waals surface area (Å²) in [6.45, 7) is 5.25. The van der Waals surface area contributed by atoms with E-state index in [4.69, 9.17) is 13.7 Å². The average Bonchev–Trinajstić information content (AvgIpc) is 2.84. The third kappa shape index (κ3) is 8.13. The maximum Gasteiger partial charge on any atom is 0.407 e. The summed E-state index contributed by atoms with van der Waals surface area (Å²) in [4.78, 5) is 25.2. The molecule has 1 N–H and O–H groups in total. The lowest BCUT2D eigenvalue weighted by Crippen LogP contribution is -2.35. The molecule has 3 rings (SSSR count). The standard InChI is InChI=1S/C27H29NO7S/c1-27(2,3)34-25(29)24(18-28-26(30)33-19-20-10-6-4-7-11-20)21-14-16-22(17-15-21)35-36(31,32)23-12-8-5-9-13-23/h4-17,24H,18-19H2,1-3H3,(H,28,30). The van der Waals surface area contributed by atoms with Crippen LogP contribution in [0.2, 0.25) is 0 Å². The molecular formula is C27H29NO7S. The first kappa shape index (κ1) is 26.7. The van der Waals surface area contributed by atoms with E-state index in [0.717, 1.165) is 5.56 Å². The monoisotopic (exact) mass is 511 g/mol. The average molecular weight is 512 g/mol. The van der Waals surface area contributed by atoms with Gasteiger partial charge in [0.15, 0.2) is 0 Å². The highest BCUT2D eigenvalue weighted by molar-refractivity contribution is 7.87. The number of carbonyl (C=O) groups is 2. The van der Waals surface area contributed by atoms with Gasteiger partial charge in [-0.05, 0) is 56.2 Å². The van der Waals surface area contributed by atoms with Gasteiger partial charge >= 0.3 is 22.2 Å². The molecule has 0 aliphatic rings. The van der Waals surface area contributed by atoms with Gasteiger partial charge in [-0.15, -0.1) is 0 Å². The van der Waals surface area contributed by atoms with Crippen LogP contribution in [0, 0.1) is 0 Å². The quantitative estimate of drug-likeness (QED) is 0.325. The maximum atomic E-state index is 12.9. The fraction of sp³-hybridized carbons (Fsp3) is 0.259. The van der Waals surface area contributed by atoms with Gasteiger partial charge in [-0.1, -0.05) is 60.7 Å². The number of ether oxygens (including phenoxy) is 2. The third-order valence-corrected chi connectivity index (χ3v) is 6.14. The Bertz CT molecular complexity index is 1250. The zero-order valence-electron chi connectivity index (χ0n) is 20.3. The lowest BCUT2D eigenvalue weighted by molar-refractivity contribution is -0.156. The first-order valence-corrected chi connectivity index (χ1v) is 12.7. The number of hydrogen-bond acceptors (Lipinski definition) is 7. The van der Waals surface area contributed by atoms with Crippen molar-refractivity contribution in [2.75, 3.05) is 6.54 Å². The molecule has 0 bridgehead atoms. The minimum absolute atomic E-state index is 0.0268. The van der Waals surface area contributed by atoms with Gasteiger partial charge < -0.3 is 19.0 Å². The van der Waals surface area contributed by atoms with E-state index < -0.39 is 33.7 Å². The molecular weight excluding hydrogens is 482 g/mol. The van der Waals surface area contributed by atoms with Crippen LogP contribution in [0.4, 0.5) is 4.79 Å². The Kier molecular flexibility index (Phi) is 8.71. The largest absolute Gasteiger partial charge is 0.459 e. The van der Waals surface area contributed by atoms with Crippen LogP contribution in [-0.4, -0.2) is 32.6 Å². The van der Waals surface area contributed by atoms with E-state index in [0.29, 0.717) is 5.56 Å². The number of carbonyl (C=O) groups excluding carboxylic acids is 2.